The summed E-state index contributed by atoms with van der Waals surface area (Å²) in [6.45, 7) is 9.70. The van der Waals surface area contributed by atoms with E-state index in [4.69, 9.17) is 17.2 Å². The van der Waals surface area contributed by atoms with Crippen LogP contribution in [0.25, 0.3) is 0 Å². The number of hydrogen-bond acceptors (Lipinski definition) is 9. The second-order valence-electron chi connectivity index (χ2n) is 12.2. The third-order valence-corrected chi connectivity index (χ3v) is 7.01. The SMILES string of the molecule is CC[C@H](C)[C@H](NC(=O)[C@H](CO)NC(=O)[C@@H](N)CC(C)C)C(=O)NCC(=O)N[C@@H](CCCN=C(N)N)C(=O)N[C@@H](CC(C)C)C(=O)O. The minimum atomic E-state index is -1.36. The monoisotopic (exact) mass is 657 g/mol. The highest BCUT2D eigenvalue weighted by Gasteiger charge is 2.31. The molecule has 17 nitrogen and oxygen atoms in total. The van der Waals surface area contributed by atoms with Gasteiger partial charge >= 0.3 is 5.97 Å². The quantitative estimate of drug-likeness (QED) is 0.0334. The van der Waals surface area contributed by atoms with Crippen molar-refractivity contribution in [1.82, 2.24) is 26.6 Å². The van der Waals surface area contributed by atoms with Crippen LogP contribution in [-0.2, 0) is 28.8 Å². The van der Waals surface area contributed by atoms with Gasteiger partial charge in [-0.15, -0.1) is 0 Å². The smallest absolute Gasteiger partial charge is 0.326 e. The Morgan fingerprint density at radius 3 is 1.83 bits per heavy atom. The van der Waals surface area contributed by atoms with E-state index in [0.717, 1.165) is 0 Å². The molecule has 0 unspecified atom stereocenters. The lowest BCUT2D eigenvalue weighted by atomic mass is 9.97. The number of amides is 5. The maximum absolute atomic E-state index is 13.1. The summed E-state index contributed by atoms with van der Waals surface area (Å²) in [6.07, 6.45) is 1.33. The summed E-state index contributed by atoms with van der Waals surface area (Å²) in [7, 11) is 0. The van der Waals surface area contributed by atoms with Crippen LogP contribution in [0.2, 0.25) is 0 Å². The van der Waals surface area contributed by atoms with Gasteiger partial charge in [-0.25, -0.2) is 4.79 Å². The number of rotatable bonds is 22. The van der Waals surface area contributed by atoms with Gasteiger partial charge in [-0.05, 0) is 43.4 Å². The second kappa shape index (κ2) is 21.7. The minimum absolute atomic E-state index is 0.0307. The number of guanidine groups is 1. The second-order valence-corrected chi connectivity index (χ2v) is 12.2. The third-order valence-electron chi connectivity index (χ3n) is 7.01. The van der Waals surface area contributed by atoms with Gasteiger partial charge in [0.15, 0.2) is 5.96 Å². The van der Waals surface area contributed by atoms with Crippen LogP contribution in [0.1, 0.15) is 73.6 Å². The molecule has 0 heterocycles. The summed E-state index contributed by atoms with van der Waals surface area (Å²) in [5.41, 5.74) is 16.5. The van der Waals surface area contributed by atoms with Crippen LogP contribution in [0.5, 0.6) is 0 Å². The summed E-state index contributed by atoms with van der Waals surface area (Å²) in [5, 5.41) is 31.6. The average Bonchev–Trinajstić information content (AvgIpc) is 2.96. The number of hydrogen-bond donors (Lipinski definition) is 10. The molecule has 5 amide bonds. The van der Waals surface area contributed by atoms with Crippen LogP contribution >= 0.6 is 0 Å². The highest BCUT2D eigenvalue weighted by Crippen LogP contribution is 2.10. The molecule has 0 bridgehead atoms. The van der Waals surface area contributed by atoms with Crippen LogP contribution in [0.15, 0.2) is 4.99 Å². The van der Waals surface area contributed by atoms with E-state index in [2.05, 4.69) is 31.6 Å². The number of aliphatic carboxylic acids is 1. The zero-order valence-corrected chi connectivity index (χ0v) is 27.8. The molecular formula is C29H55N9O8. The first kappa shape index (κ1) is 42.0. The first-order chi connectivity index (χ1) is 21.4. The van der Waals surface area contributed by atoms with Crippen molar-refractivity contribution in [1.29, 1.82) is 0 Å². The highest BCUT2D eigenvalue weighted by atomic mass is 16.4. The number of aliphatic hydroxyl groups excluding tert-OH is 1. The fraction of sp³-hybridized carbons (Fsp3) is 0.759. The Bertz CT molecular complexity index is 1050. The lowest BCUT2D eigenvalue weighted by molar-refractivity contribution is -0.142. The average molecular weight is 658 g/mol. The fourth-order valence-electron chi connectivity index (χ4n) is 4.30. The number of carboxylic acid groups (broad SMARTS) is 1. The predicted molar refractivity (Wildman–Crippen MR) is 172 cm³/mol. The maximum atomic E-state index is 13.1. The van der Waals surface area contributed by atoms with Crippen LogP contribution < -0.4 is 43.8 Å². The molecule has 6 atom stereocenters. The lowest BCUT2D eigenvalue weighted by Crippen LogP contribution is -2.59. The molecule has 46 heavy (non-hydrogen) atoms. The molecule has 0 spiro atoms. The van der Waals surface area contributed by atoms with E-state index < -0.39 is 84.8 Å². The zero-order chi connectivity index (χ0) is 35.6. The molecule has 0 aromatic heterocycles. The van der Waals surface area contributed by atoms with E-state index in [1.54, 1.807) is 27.7 Å². The van der Waals surface area contributed by atoms with E-state index in [9.17, 15) is 39.0 Å². The maximum Gasteiger partial charge on any atom is 0.326 e. The van der Waals surface area contributed by atoms with Crippen LogP contribution in [0.3, 0.4) is 0 Å². The Labute approximate surface area is 270 Å². The molecule has 13 N–H and O–H groups in total. The van der Waals surface area contributed by atoms with Crippen molar-refractivity contribution in [3.8, 4) is 0 Å². The molecular weight excluding hydrogens is 602 g/mol. The van der Waals surface area contributed by atoms with Crippen molar-refractivity contribution in [3.63, 3.8) is 0 Å². The van der Waals surface area contributed by atoms with Crippen molar-refractivity contribution in [3.05, 3.63) is 0 Å². The molecule has 0 aliphatic carbocycles. The van der Waals surface area contributed by atoms with E-state index in [1.165, 1.54) is 0 Å². The zero-order valence-electron chi connectivity index (χ0n) is 27.8. The van der Waals surface area contributed by atoms with E-state index >= 15 is 0 Å². The number of carbonyl (C=O) groups excluding carboxylic acids is 5. The van der Waals surface area contributed by atoms with Gasteiger partial charge < -0.3 is 54.0 Å². The molecule has 0 radical (unpaired) electrons. The number of carboxylic acids is 1. The van der Waals surface area contributed by atoms with Gasteiger partial charge in [0, 0.05) is 6.54 Å². The fourth-order valence-corrected chi connectivity index (χ4v) is 4.30. The lowest BCUT2D eigenvalue weighted by Gasteiger charge is -2.26. The molecule has 0 fully saturated rings. The molecule has 0 saturated carbocycles. The molecule has 0 aromatic carbocycles. The van der Waals surface area contributed by atoms with Gasteiger partial charge in [0.2, 0.25) is 29.5 Å². The largest absolute Gasteiger partial charge is 0.480 e. The number of aliphatic imine (C=N–C) groups is 1. The number of nitrogens with one attached hydrogen (secondary N) is 5. The summed E-state index contributed by atoms with van der Waals surface area (Å²) in [5.74, 6) is -5.32. The number of nitrogens with two attached hydrogens (primary N) is 3. The Morgan fingerprint density at radius 2 is 1.33 bits per heavy atom. The molecule has 0 aliphatic heterocycles. The van der Waals surface area contributed by atoms with Crippen LogP contribution in [0, 0.1) is 17.8 Å². The topological polar surface area (TPSA) is 293 Å². The Morgan fingerprint density at radius 1 is 0.761 bits per heavy atom. The molecule has 0 aromatic rings. The summed E-state index contributed by atoms with van der Waals surface area (Å²) >= 11 is 0. The number of aliphatic hydroxyl groups is 1. The van der Waals surface area contributed by atoms with Gasteiger partial charge in [-0.2, -0.15) is 0 Å². The van der Waals surface area contributed by atoms with Crippen molar-refractivity contribution in [2.75, 3.05) is 19.7 Å². The Balaban J connectivity index is 5.55. The number of carbonyl (C=O) groups is 6. The highest BCUT2D eigenvalue weighted by molar-refractivity contribution is 5.95. The predicted octanol–water partition coefficient (Wildman–Crippen LogP) is -2.36. The van der Waals surface area contributed by atoms with E-state index in [-0.39, 0.29) is 43.6 Å². The summed E-state index contributed by atoms with van der Waals surface area (Å²) in [4.78, 5) is 79.8. The molecule has 17 heteroatoms. The summed E-state index contributed by atoms with van der Waals surface area (Å²) in [6, 6.07) is -5.73. The first-order valence-electron chi connectivity index (χ1n) is 15.6. The van der Waals surface area contributed by atoms with Gasteiger partial charge in [0.25, 0.3) is 0 Å². The van der Waals surface area contributed by atoms with E-state index in [0.29, 0.717) is 12.8 Å². The van der Waals surface area contributed by atoms with Gasteiger partial charge in [-0.3, -0.25) is 29.0 Å². The van der Waals surface area contributed by atoms with Crippen LogP contribution in [-0.4, -0.2) is 102 Å². The standard InChI is InChI=1S/C29H55N9O8/c1-7-17(6)23(38-26(43)21(14-39)37-24(41)18(30)11-15(2)3)27(44)34-13-22(40)35-19(9-8-10-33-29(31)32)25(42)36-20(28(45)46)12-16(4)5/h15-21,23,39H,7-14,30H2,1-6H3,(H,34,44)(H,35,40)(H,36,42)(H,37,41)(H,38,43)(H,45,46)(H4,31,32,33)/t17-,18-,19-,20-,21-,23-/m0/s1. The number of nitrogens with zero attached hydrogens (tertiary/aromatic N) is 1. The summed E-state index contributed by atoms with van der Waals surface area (Å²) < 4.78 is 0. The molecule has 0 saturated heterocycles. The Kier molecular flexibility index (Phi) is 19.8. The van der Waals surface area contributed by atoms with Crippen molar-refractivity contribution in [2.24, 2.45) is 39.9 Å². The van der Waals surface area contributed by atoms with Gasteiger partial charge in [-0.1, -0.05) is 48.0 Å². The van der Waals surface area contributed by atoms with E-state index in [1.807, 2.05) is 13.8 Å². The van der Waals surface area contributed by atoms with Crippen LogP contribution in [0.4, 0.5) is 0 Å². The normalized spacial score (nSPS) is 15.0. The Hall–Kier alpha value is -3.99. The molecule has 0 rings (SSSR count). The molecule has 0 aliphatic rings. The third kappa shape index (κ3) is 16.9. The van der Waals surface area contributed by atoms with Crippen molar-refractivity contribution >= 4 is 41.5 Å². The van der Waals surface area contributed by atoms with Gasteiger partial charge in [0.1, 0.15) is 24.2 Å². The minimum Gasteiger partial charge on any atom is -0.480 e. The van der Waals surface area contributed by atoms with Gasteiger partial charge in [0.05, 0.1) is 19.2 Å². The first-order valence-corrected chi connectivity index (χ1v) is 15.6. The van der Waals surface area contributed by atoms with Crippen molar-refractivity contribution in [2.45, 2.75) is 104 Å². The molecule has 264 valence electrons. The van der Waals surface area contributed by atoms with Crippen molar-refractivity contribution < 1.29 is 39.0 Å².